The van der Waals surface area contributed by atoms with E-state index in [1.165, 1.54) is 0 Å². The third kappa shape index (κ3) is 4.32. The van der Waals surface area contributed by atoms with Gasteiger partial charge in [0, 0.05) is 0 Å². The summed E-state index contributed by atoms with van der Waals surface area (Å²) < 4.78 is 2.15. The Kier molecular flexibility index (Phi) is 5.12. The Morgan fingerprint density at radius 3 is 1.59 bits per heavy atom. The summed E-state index contributed by atoms with van der Waals surface area (Å²) in [5, 5.41) is 0. The molecule has 106 valence electrons. The van der Waals surface area contributed by atoms with E-state index in [0.717, 1.165) is 28.7 Å². The molecule has 0 unspecified atom stereocenters. The van der Waals surface area contributed by atoms with Crippen molar-refractivity contribution >= 4 is 54.5 Å². The first-order chi connectivity index (χ1) is 10.7. The molecule has 3 aromatic rings. The van der Waals surface area contributed by atoms with E-state index in [0.29, 0.717) is 0 Å². The van der Waals surface area contributed by atoms with Gasteiger partial charge in [0.2, 0.25) is 0 Å². The second-order valence-corrected chi connectivity index (χ2v) is 9.04. The maximum atomic E-state index is 4.46. The summed E-state index contributed by atoms with van der Waals surface area (Å²) in [7, 11) is 0. The Morgan fingerprint density at radius 1 is 0.682 bits per heavy atom. The summed E-state index contributed by atoms with van der Waals surface area (Å²) in [5.74, 6) is 12.4. The van der Waals surface area contributed by atoms with Gasteiger partial charge in [-0.15, -0.1) is 22.7 Å². The van der Waals surface area contributed by atoms with E-state index < -0.39 is 0 Å². The van der Waals surface area contributed by atoms with Crippen molar-refractivity contribution in [3.05, 3.63) is 71.2 Å². The highest BCUT2D eigenvalue weighted by Crippen LogP contribution is 2.21. The first kappa shape index (κ1) is 15.5. The average molecular weight is 449 g/mol. The summed E-state index contributed by atoms with van der Waals surface area (Å²) in [6, 6.07) is 13.7. The summed E-state index contributed by atoms with van der Waals surface area (Å²) in [4.78, 5) is 6.47. The second kappa shape index (κ2) is 7.26. The molecule has 0 aliphatic rings. The molecular weight excluding hydrogens is 442 g/mol. The third-order valence-corrected chi connectivity index (χ3v) is 5.60. The maximum Gasteiger partial charge on any atom is 0.115 e. The van der Waals surface area contributed by atoms with Crippen molar-refractivity contribution in [1.29, 1.82) is 0 Å². The first-order valence-electron chi connectivity index (χ1n) is 6.21. The summed E-state index contributed by atoms with van der Waals surface area (Å²) in [6.07, 6.45) is 0. The highest BCUT2D eigenvalue weighted by molar-refractivity contribution is 9.11. The van der Waals surface area contributed by atoms with Gasteiger partial charge in [-0.3, -0.25) is 0 Å². The van der Waals surface area contributed by atoms with Crippen LogP contribution in [0.1, 0.15) is 21.1 Å². The quantitative estimate of drug-likeness (QED) is 0.412. The van der Waals surface area contributed by atoms with Gasteiger partial charge in [0.1, 0.15) is 11.4 Å². The van der Waals surface area contributed by atoms with Crippen LogP contribution in [0.15, 0.2) is 50.0 Å². The van der Waals surface area contributed by atoms with E-state index in [1.807, 2.05) is 42.5 Å². The fraction of sp³-hybridized carbons (Fsp3) is 0. The minimum atomic E-state index is 0.726. The van der Waals surface area contributed by atoms with E-state index in [-0.39, 0.29) is 0 Å². The van der Waals surface area contributed by atoms with Crippen molar-refractivity contribution in [1.82, 2.24) is 4.98 Å². The molecule has 22 heavy (non-hydrogen) atoms. The van der Waals surface area contributed by atoms with Crippen molar-refractivity contribution < 1.29 is 0 Å². The van der Waals surface area contributed by atoms with E-state index in [2.05, 4.69) is 60.5 Å². The zero-order valence-corrected chi connectivity index (χ0v) is 15.9. The van der Waals surface area contributed by atoms with Gasteiger partial charge in [-0.25, -0.2) is 4.98 Å². The molecule has 0 aliphatic carbocycles. The minimum Gasteiger partial charge on any atom is -0.231 e. The lowest BCUT2D eigenvalue weighted by Gasteiger charge is -1.91. The zero-order chi connectivity index (χ0) is 15.4. The Labute approximate surface area is 153 Å². The average Bonchev–Trinajstić information content (AvgIpc) is 3.12. The maximum absolute atomic E-state index is 4.46. The molecule has 0 aliphatic heterocycles. The van der Waals surface area contributed by atoms with Gasteiger partial charge in [-0.1, -0.05) is 6.07 Å². The van der Waals surface area contributed by atoms with Gasteiger partial charge in [-0.05, 0) is 91.9 Å². The van der Waals surface area contributed by atoms with Crippen LogP contribution in [0.4, 0.5) is 0 Å². The van der Waals surface area contributed by atoms with Gasteiger partial charge < -0.3 is 0 Å². The number of thiophene rings is 2. The van der Waals surface area contributed by atoms with Crippen LogP contribution in [0.3, 0.4) is 0 Å². The van der Waals surface area contributed by atoms with Gasteiger partial charge in [0.25, 0.3) is 0 Å². The number of halogens is 2. The van der Waals surface area contributed by atoms with Crippen molar-refractivity contribution in [2.75, 3.05) is 0 Å². The molecule has 3 rings (SSSR count). The Hall–Kier alpha value is -1.37. The Bertz CT molecular complexity index is 859. The number of hydrogen-bond donors (Lipinski definition) is 0. The van der Waals surface area contributed by atoms with Crippen LogP contribution in [0, 0.1) is 23.7 Å². The highest BCUT2D eigenvalue weighted by Gasteiger charge is 1.95. The SMILES string of the molecule is Brc1ccc(C#Cc2cccc(C#Cc3ccc(Br)s3)n2)s1. The fourth-order valence-electron chi connectivity index (χ4n) is 1.59. The lowest BCUT2D eigenvalue weighted by Crippen LogP contribution is -1.86. The molecule has 0 bridgehead atoms. The molecule has 0 N–H and O–H groups in total. The van der Waals surface area contributed by atoms with Crippen LogP contribution in [0.2, 0.25) is 0 Å². The predicted octanol–water partition coefficient (Wildman–Crippen LogP) is 5.53. The van der Waals surface area contributed by atoms with Crippen LogP contribution in [-0.2, 0) is 0 Å². The van der Waals surface area contributed by atoms with Crippen LogP contribution in [-0.4, -0.2) is 4.98 Å². The third-order valence-electron chi connectivity index (χ3n) is 2.52. The molecule has 3 aromatic heterocycles. The predicted molar refractivity (Wildman–Crippen MR) is 100 cm³/mol. The molecule has 0 spiro atoms. The molecule has 0 atom stereocenters. The van der Waals surface area contributed by atoms with E-state index in [9.17, 15) is 0 Å². The van der Waals surface area contributed by atoms with Crippen LogP contribution < -0.4 is 0 Å². The van der Waals surface area contributed by atoms with Gasteiger partial charge in [0.15, 0.2) is 0 Å². The summed E-state index contributed by atoms with van der Waals surface area (Å²) >= 11 is 10.1. The number of nitrogens with zero attached hydrogens (tertiary/aromatic N) is 1. The molecule has 0 amide bonds. The molecule has 1 nitrogen and oxygen atoms in total. The molecule has 3 heterocycles. The van der Waals surface area contributed by atoms with E-state index >= 15 is 0 Å². The van der Waals surface area contributed by atoms with Gasteiger partial charge >= 0.3 is 0 Å². The molecule has 5 heteroatoms. The standard InChI is InChI=1S/C17H7Br2NS2/c18-16-10-8-14(21-16)6-4-12-2-1-3-13(20-12)5-7-15-9-11-17(19)22-15/h1-3,8-11H. The van der Waals surface area contributed by atoms with Crippen LogP contribution >= 0.6 is 54.5 Å². The van der Waals surface area contributed by atoms with Crippen molar-refractivity contribution in [3.8, 4) is 23.7 Å². The molecule has 0 saturated heterocycles. The normalized spacial score (nSPS) is 9.55. The highest BCUT2D eigenvalue weighted by atomic mass is 79.9. The number of pyridine rings is 1. The molecule has 0 saturated carbocycles. The van der Waals surface area contributed by atoms with Crippen molar-refractivity contribution in [3.63, 3.8) is 0 Å². The van der Waals surface area contributed by atoms with Gasteiger partial charge in [-0.2, -0.15) is 0 Å². The molecule has 0 radical (unpaired) electrons. The number of hydrogen-bond acceptors (Lipinski definition) is 3. The Balaban J connectivity index is 1.81. The smallest absolute Gasteiger partial charge is 0.115 e. The van der Waals surface area contributed by atoms with E-state index in [1.54, 1.807) is 22.7 Å². The lowest BCUT2D eigenvalue weighted by atomic mass is 10.3. The number of aromatic nitrogens is 1. The van der Waals surface area contributed by atoms with Crippen molar-refractivity contribution in [2.45, 2.75) is 0 Å². The molecular formula is C17H7Br2NS2. The molecule has 0 fully saturated rings. The monoisotopic (exact) mass is 447 g/mol. The zero-order valence-electron chi connectivity index (χ0n) is 11.1. The van der Waals surface area contributed by atoms with Crippen LogP contribution in [0.5, 0.6) is 0 Å². The van der Waals surface area contributed by atoms with E-state index in [4.69, 9.17) is 0 Å². The summed E-state index contributed by atoms with van der Waals surface area (Å²) in [5.41, 5.74) is 1.45. The number of rotatable bonds is 0. The topological polar surface area (TPSA) is 12.9 Å². The van der Waals surface area contributed by atoms with Crippen molar-refractivity contribution in [2.24, 2.45) is 0 Å². The fourth-order valence-corrected chi connectivity index (χ4v) is 4.07. The lowest BCUT2D eigenvalue weighted by molar-refractivity contribution is 1.25. The van der Waals surface area contributed by atoms with Crippen LogP contribution in [0.25, 0.3) is 0 Å². The largest absolute Gasteiger partial charge is 0.231 e. The minimum absolute atomic E-state index is 0.726. The second-order valence-electron chi connectivity index (χ2n) is 4.12. The molecule has 0 aromatic carbocycles. The van der Waals surface area contributed by atoms with Gasteiger partial charge in [0.05, 0.1) is 17.3 Å². The summed E-state index contributed by atoms with van der Waals surface area (Å²) in [6.45, 7) is 0. The Morgan fingerprint density at radius 2 is 1.18 bits per heavy atom. The first-order valence-corrected chi connectivity index (χ1v) is 9.43.